The molecule has 0 spiro atoms. The number of carboxylic acids is 1. The van der Waals surface area contributed by atoms with Crippen LogP contribution in [0.25, 0.3) is 0 Å². The second kappa shape index (κ2) is 2.49. The fourth-order valence-corrected chi connectivity index (χ4v) is 2.95. The molecule has 4 nitrogen and oxygen atoms in total. The van der Waals surface area contributed by atoms with Crippen molar-refractivity contribution in [1.82, 2.24) is 5.32 Å². The topological polar surface area (TPSA) is 66.4 Å². The highest BCUT2D eigenvalue weighted by molar-refractivity contribution is 5.90. The van der Waals surface area contributed by atoms with Gasteiger partial charge in [0, 0.05) is 11.8 Å². The molecule has 1 saturated heterocycles. The molecule has 78 valence electrons. The predicted octanol–water partition coefficient (Wildman–Crippen LogP) is 0.766. The largest absolute Gasteiger partial charge is 0.479 e. The third-order valence-electron chi connectivity index (χ3n) is 4.14. The average molecular weight is 197 g/mol. The van der Waals surface area contributed by atoms with Crippen molar-refractivity contribution in [3.63, 3.8) is 0 Å². The van der Waals surface area contributed by atoms with Gasteiger partial charge in [-0.1, -0.05) is 13.8 Å². The average Bonchev–Trinajstić information content (AvgIpc) is 2.27. The second-order valence-electron chi connectivity index (χ2n) is 4.92. The van der Waals surface area contributed by atoms with Crippen LogP contribution in [-0.4, -0.2) is 22.5 Å². The van der Waals surface area contributed by atoms with Crippen LogP contribution in [-0.2, 0) is 9.59 Å². The van der Waals surface area contributed by atoms with Crippen molar-refractivity contribution in [2.75, 3.05) is 0 Å². The molecule has 0 radical (unpaired) electrons. The minimum atomic E-state index is -1.02. The van der Waals surface area contributed by atoms with E-state index in [4.69, 9.17) is 0 Å². The number of carbonyl (C=O) groups excluding carboxylic acids is 1. The number of fused-ring (bicyclic) bond motifs is 2. The molecule has 1 aliphatic heterocycles. The summed E-state index contributed by atoms with van der Waals surface area (Å²) in [5, 5.41) is 11.9. The van der Waals surface area contributed by atoms with E-state index in [1.807, 2.05) is 13.8 Å². The van der Waals surface area contributed by atoms with E-state index >= 15 is 0 Å². The van der Waals surface area contributed by atoms with Gasteiger partial charge in [0.2, 0.25) is 5.91 Å². The van der Waals surface area contributed by atoms with Crippen LogP contribution < -0.4 is 5.32 Å². The Labute approximate surface area is 82.7 Å². The summed E-state index contributed by atoms with van der Waals surface area (Å²) in [6.07, 6.45) is 1.87. The monoisotopic (exact) mass is 197 g/mol. The number of hydrogen-bond acceptors (Lipinski definition) is 2. The number of nitrogens with one attached hydrogen (secondary N) is 1. The van der Waals surface area contributed by atoms with E-state index < -0.39 is 11.5 Å². The maximum Gasteiger partial charge on any atom is 0.329 e. The van der Waals surface area contributed by atoms with Gasteiger partial charge in [-0.25, -0.2) is 4.79 Å². The van der Waals surface area contributed by atoms with Crippen LogP contribution in [0, 0.1) is 11.3 Å². The molecule has 1 saturated carbocycles. The summed E-state index contributed by atoms with van der Waals surface area (Å²) in [7, 11) is 0. The SMILES string of the molecule is CC1(C)[C@H]2CC[C@@]1(C(=O)O)NC(=O)C2. The van der Waals surface area contributed by atoms with E-state index in [0.717, 1.165) is 6.42 Å². The van der Waals surface area contributed by atoms with Crippen molar-refractivity contribution < 1.29 is 14.7 Å². The van der Waals surface area contributed by atoms with Crippen LogP contribution in [0.15, 0.2) is 0 Å². The van der Waals surface area contributed by atoms with Gasteiger partial charge in [0.1, 0.15) is 5.54 Å². The Bertz CT molecular complexity index is 310. The first-order valence-electron chi connectivity index (χ1n) is 4.94. The molecular weight excluding hydrogens is 182 g/mol. The lowest BCUT2D eigenvalue weighted by Gasteiger charge is -2.45. The minimum Gasteiger partial charge on any atom is -0.479 e. The molecule has 2 atom stereocenters. The van der Waals surface area contributed by atoms with Crippen molar-refractivity contribution in [2.45, 2.75) is 38.6 Å². The molecule has 14 heavy (non-hydrogen) atoms. The highest BCUT2D eigenvalue weighted by Gasteiger charge is 2.63. The second-order valence-corrected chi connectivity index (χ2v) is 4.92. The van der Waals surface area contributed by atoms with Gasteiger partial charge in [0.05, 0.1) is 0 Å². The van der Waals surface area contributed by atoms with Crippen LogP contribution in [0.3, 0.4) is 0 Å². The zero-order valence-corrected chi connectivity index (χ0v) is 8.46. The highest BCUT2D eigenvalue weighted by atomic mass is 16.4. The van der Waals surface area contributed by atoms with E-state index in [9.17, 15) is 14.7 Å². The molecule has 2 N–H and O–H groups in total. The van der Waals surface area contributed by atoms with Crippen LogP contribution in [0.4, 0.5) is 0 Å². The van der Waals surface area contributed by atoms with Gasteiger partial charge >= 0.3 is 5.97 Å². The van der Waals surface area contributed by atoms with Gasteiger partial charge < -0.3 is 10.4 Å². The number of amides is 1. The third-order valence-corrected chi connectivity index (χ3v) is 4.14. The first-order valence-corrected chi connectivity index (χ1v) is 4.94. The molecule has 2 fully saturated rings. The van der Waals surface area contributed by atoms with Crippen molar-refractivity contribution in [1.29, 1.82) is 0 Å². The normalized spacial score (nSPS) is 39.3. The molecule has 1 aliphatic carbocycles. The fraction of sp³-hybridized carbons (Fsp3) is 0.800. The maximum absolute atomic E-state index is 11.3. The summed E-state index contributed by atoms with van der Waals surface area (Å²) < 4.78 is 0. The van der Waals surface area contributed by atoms with Crippen molar-refractivity contribution in [3.8, 4) is 0 Å². The summed E-state index contributed by atoms with van der Waals surface area (Å²) >= 11 is 0. The standard InChI is InChI=1S/C10H15NO3/c1-9(2)6-3-4-10(9,8(13)14)11-7(12)5-6/h6H,3-5H2,1-2H3,(H,11,12)(H,13,14)/t6-,10-/m0/s1. The summed E-state index contributed by atoms with van der Waals surface area (Å²) in [6.45, 7) is 3.89. The quantitative estimate of drug-likeness (QED) is 0.652. The summed E-state index contributed by atoms with van der Waals surface area (Å²) in [6, 6.07) is 0. The molecule has 0 unspecified atom stereocenters. The number of rotatable bonds is 1. The Morgan fingerprint density at radius 3 is 2.79 bits per heavy atom. The van der Waals surface area contributed by atoms with Gasteiger partial charge in [-0.3, -0.25) is 4.79 Å². The molecule has 1 heterocycles. The molecule has 1 amide bonds. The number of hydrogen-bond donors (Lipinski definition) is 2. The summed E-state index contributed by atoms with van der Waals surface area (Å²) in [5.74, 6) is -0.792. The first-order chi connectivity index (χ1) is 6.40. The van der Waals surface area contributed by atoms with E-state index in [1.165, 1.54) is 0 Å². The van der Waals surface area contributed by atoms with Gasteiger partial charge in [-0.15, -0.1) is 0 Å². The summed E-state index contributed by atoms with van der Waals surface area (Å²) in [5.41, 5.74) is -1.35. The highest BCUT2D eigenvalue weighted by Crippen LogP contribution is 2.54. The van der Waals surface area contributed by atoms with E-state index in [-0.39, 0.29) is 17.2 Å². The Kier molecular flexibility index (Phi) is 1.69. The number of carboxylic acid groups (broad SMARTS) is 1. The number of piperidine rings is 1. The summed E-state index contributed by atoms with van der Waals surface area (Å²) in [4.78, 5) is 22.6. The molecular formula is C10H15NO3. The van der Waals surface area contributed by atoms with E-state index in [0.29, 0.717) is 12.8 Å². The van der Waals surface area contributed by atoms with Gasteiger partial charge in [0.25, 0.3) is 0 Å². The Morgan fingerprint density at radius 2 is 2.21 bits per heavy atom. The third kappa shape index (κ3) is 0.885. The van der Waals surface area contributed by atoms with Crippen molar-refractivity contribution in [3.05, 3.63) is 0 Å². The minimum absolute atomic E-state index is 0.116. The predicted molar refractivity (Wildman–Crippen MR) is 49.6 cm³/mol. The lowest BCUT2D eigenvalue weighted by Crippen LogP contribution is -2.64. The number of carbonyl (C=O) groups is 2. The van der Waals surface area contributed by atoms with Gasteiger partial charge in [-0.2, -0.15) is 0 Å². The molecule has 2 rings (SSSR count). The van der Waals surface area contributed by atoms with E-state index in [1.54, 1.807) is 0 Å². The Morgan fingerprint density at radius 1 is 1.57 bits per heavy atom. The van der Waals surface area contributed by atoms with Crippen LogP contribution >= 0.6 is 0 Å². The molecule has 0 aromatic carbocycles. The van der Waals surface area contributed by atoms with E-state index in [2.05, 4.69) is 5.32 Å². The van der Waals surface area contributed by atoms with Crippen LogP contribution in [0.2, 0.25) is 0 Å². The Hall–Kier alpha value is -1.06. The molecule has 2 bridgehead atoms. The van der Waals surface area contributed by atoms with Crippen LogP contribution in [0.1, 0.15) is 33.1 Å². The first kappa shape index (κ1) is 9.49. The van der Waals surface area contributed by atoms with Gasteiger partial charge in [0.15, 0.2) is 0 Å². The molecule has 4 heteroatoms. The van der Waals surface area contributed by atoms with Crippen molar-refractivity contribution >= 4 is 11.9 Å². The fourth-order valence-electron chi connectivity index (χ4n) is 2.95. The zero-order chi connectivity index (χ0) is 10.6. The maximum atomic E-state index is 11.3. The molecule has 0 aromatic rings. The molecule has 2 aliphatic rings. The van der Waals surface area contributed by atoms with Crippen molar-refractivity contribution in [2.24, 2.45) is 11.3 Å². The smallest absolute Gasteiger partial charge is 0.329 e. The lowest BCUT2D eigenvalue weighted by molar-refractivity contribution is -0.156. The zero-order valence-electron chi connectivity index (χ0n) is 8.46. The number of aliphatic carboxylic acids is 1. The van der Waals surface area contributed by atoms with Crippen LogP contribution in [0.5, 0.6) is 0 Å². The van der Waals surface area contributed by atoms with Gasteiger partial charge in [-0.05, 0) is 18.8 Å². The molecule has 0 aromatic heterocycles. The Balaban J connectivity index is 2.47. The lowest BCUT2D eigenvalue weighted by atomic mass is 9.67.